The molecule has 0 bridgehead atoms. The molecule has 1 heterocycles. The van der Waals surface area contributed by atoms with Gasteiger partial charge in [-0.25, -0.2) is 0 Å². The van der Waals surface area contributed by atoms with E-state index < -0.39 is 5.97 Å². The third-order valence-electron chi connectivity index (χ3n) is 3.47. The van der Waals surface area contributed by atoms with Gasteiger partial charge in [-0.15, -0.1) is 0 Å². The summed E-state index contributed by atoms with van der Waals surface area (Å²) in [4.78, 5) is 11.0. The fourth-order valence-electron chi connectivity index (χ4n) is 2.52. The molecule has 0 saturated heterocycles. The second-order valence-electron chi connectivity index (χ2n) is 5.08. The SMILES string of the molecule is O=C([O-])Cc1cnn(Cc2ccccc2)c1-c1ccccc1. The van der Waals surface area contributed by atoms with Crippen LogP contribution in [0.1, 0.15) is 11.1 Å². The van der Waals surface area contributed by atoms with Gasteiger partial charge in [-0.2, -0.15) is 5.10 Å². The van der Waals surface area contributed by atoms with E-state index in [-0.39, 0.29) is 6.42 Å². The van der Waals surface area contributed by atoms with Crippen LogP contribution < -0.4 is 5.11 Å². The number of rotatable bonds is 5. The first kappa shape index (κ1) is 14.1. The molecule has 3 rings (SSSR count). The number of nitrogens with zero attached hydrogens (tertiary/aromatic N) is 2. The highest BCUT2D eigenvalue weighted by molar-refractivity contribution is 5.73. The number of carbonyl (C=O) groups is 1. The molecule has 0 radical (unpaired) electrons. The summed E-state index contributed by atoms with van der Waals surface area (Å²) >= 11 is 0. The zero-order valence-electron chi connectivity index (χ0n) is 12.0. The number of benzene rings is 2. The minimum Gasteiger partial charge on any atom is -0.550 e. The Balaban J connectivity index is 2.03. The van der Waals surface area contributed by atoms with Crippen LogP contribution in [-0.2, 0) is 17.8 Å². The Morgan fingerprint density at radius 1 is 1.00 bits per heavy atom. The summed E-state index contributed by atoms with van der Waals surface area (Å²) in [5.41, 5.74) is 3.56. The number of hydrogen-bond acceptors (Lipinski definition) is 3. The van der Waals surface area contributed by atoms with Crippen LogP contribution in [0.3, 0.4) is 0 Å². The summed E-state index contributed by atoms with van der Waals surface area (Å²) in [5, 5.41) is 15.3. The van der Waals surface area contributed by atoms with Gasteiger partial charge >= 0.3 is 0 Å². The van der Waals surface area contributed by atoms with Crippen LogP contribution in [0, 0.1) is 0 Å². The second-order valence-corrected chi connectivity index (χ2v) is 5.08. The predicted octanol–water partition coefficient (Wildman–Crippen LogP) is 1.89. The Hall–Kier alpha value is -2.88. The van der Waals surface area contributed by atoms with Crippen molar-refractivity contribution in [3.05, 3.63) is 78.0 Å². The van der Waals surface area contributed by atoms with Gasteiger partial charge in [-0.3, -0.25) is 4.68 Å². The first-order valence-electron chi connectivity index (χ1n) is 7.08. The topological polar surface area (TPSA) is 57.9 Å². The van der Waals surface area contributed by atoms with Crippen molar-refractivity contribution in [2.45, 2.75) is 13.0 Å². The molecule has 0 amide bonds. The van der Waals surface area contributed by atoms with E-state index in [0.717, 1.165) is 16.8 Å². The second kappa shape index (κ2) is 6.26. The zero-order valence-corrected chi connectivity index (χ0v) is 12.0. The molecule has 0 atom stereocenters. The van der Waals surface area contributed by atoms with Gasteiger partial charge in [0.15, 0.2) is 0 Å². The Labute approximate surface area is 128 Å². The highest BCUT2D eigenvalue weighted by Crippen LogP contribution is 2.24. The average molecular weight is 291 g/mol. The molecule has 0 spiro atoms. The molecule has 22 heavy (non-hydrogen) atoms. The number of carboxylic acid groups (broad SMARTS) is 1. The van der Waals surface area contributed by atoms with Crippen molar-refractivity contribution in [1.82, 2.24) is 9.78 Å². The average Bonchev–Trinajstić information content (AvgIpc) is 2.91. The zero-order chi connectivity index (χ0) is 15.4. The number of carboxylic acids is 1. The first-order chi connectivity index (χ1) is 10.7. The molecule has 0 N–H and O–H groups in total. The van der Waals surface area contributed by atoms with E-state index in [2.05, 4.69) is 5.10 Å². The molecular weight excluding hydrogens is 276 g/mol. The Bertz CT molecular complexity index is 764. The number of hydrogen-bond donors (Lipinski definition) is 0. The van der Waals surface area contributed by atoms with Crippen LogP contribution in [0.2, 0.25) is 0 Å². The van der Waals surface area contributed by atoms with Gasteiger partial charge in [-0.1, -0.05) is 60.7 Å². The van der Waals surface area contributed by atoms with Gasteiger partial charge in [0.1, 0.15) is 0 Å². The van der Waals surface area contributed by atoms with Gasteiger partial charge in [-0.05, 0) is 5.56 Å². The normalized spacial score (nSPS) is 10.5. The minimum absolute atomic E-state index is 0.140. The lowest BCUT2D eigenvalue weighted by molar-refractivity contribution is -0.304. The molecule has 2 aromatic carbocycles. The summed E-state index contributed by atoms with van der Waals surface area (Å²) in [6.45, 7) is 0.595. The van der Waals surface area contributed by atoms with Gasteiger partial charge < -0.3 is 9.90 Å². The van der Waals surface area contributed by atoms with E-state index in [0.29, 0.717) is 12.1 Å². The molecule has 3 aromatic rings. The van der Waals surface area contributed by atoms with Crippen molar-refractivity contribution in [2.24, 2.45) is 0 Å². The van der Waals surface area contributed by atoms with Gasteiger partial charge in [0.25, 0.3) is 0 Å². The van der Waals surface area contributed by atoms with E-state index in [1.807, 2.05) is 65.3 Å². The third kappa shape index (κ3) is 3.06. The number of carbonyl (C=O) groups excluding carboxylic acids is 1. The highest BCUT2D eigenvalue weighted by Gasteiger charge is 2.13. The maximum Gasteiger partial charge on any atom is 0.0722 e. The molecule has 1 aromatic heterocycles. The van der Waals surface area contributed by atoms with E-state index in [4.69, 9.17) is 0 Å². The molecular formula is C18H15N2O2-. The molecule has 0 aliphatic rings. The maximum absolute atomic E-state index is 11.0. The molecule has 0 saturated carbocycles. The van der Waals surface area contributed by atoms with E-state index >= 15 is 0 Å². The summed E-state index contributed by atoms with van der Waals surface area (Å²) in [5.74, 6) is -1.10. The van der Waals surface area contributed by atoms with Crippen molar-refractivity contribution < 1.29 is 9.90 Å². The van der Waals surface area contributed by atoms with Crippen LogP contribution in [0.5, 0.6) is 0 Å². The summed E-state index contributed by atoms with van der Waals surface area (Å²) in [6.07, 6.45) is 1.47. The molecule has 0 aliphatic carbocycles. The predicted molar refractivity (Wildman–Crippen MR) is 81.9 cm³/mol. The van der Waals surface area contributed by atoms with Gasteiger partial charge in [0, 0.05) is 23.5 Å². The van der Waals surface area contributed by atoms with Crippen molar-refractivity contribution in [3.63, 3.8) is 0 Å². The van der Waals surface area contributed by atoms with Crippen molar-refractivity contribution in [1.29, 1.82) is 0 Å². The number of aliphatic carboxylic acids is 1. The molecule has 4 nitrogen and oxygen atoms in total. The molecule has 0 aliphatic heterocycles. The van der Waals surface area contributed by atoms with Crippen LogP contribution in [0.4, 0.5) is 0 Å². The molecule has 110 valence electrons. The molecule has 4 heteroatoms. The smallest absolute Gasteiger partial charge is 0.0722 e. The van der Waals surface area contributed by atoms with Gasteiger partial charge in [0.05, 0.1) is 18.4 Å². The molecule has 0 fully saturated rings. The third-order valence-corrected chi connectivity index (χ3v) is 3.47. The van der Waals surface area contributed by atoms with Crippen molar-refractivity contribution >= 4 is 5.97 Å². The minimum atomic E-state index is -1.10. The fraction of sp³-hybridized carbons (Fsp3) is 0.111. The Kier molecular flexibility index (Phi) is 4.01. The van der Waals surface area contributed by atoms with E-state index in [1.54, 1.807) is 6.20 Å². The van der Waals surface area contributed by atoms with Crippen LogP contribution in [-0.4, -0.2) is 15.7 Å². The van der Waals surface area contributed by atoms with Crippen LogP contribution in [0.15, 0.2) is 66.9 Å². The lowest BCUT2D eigenvalue weighted by atomic mass is 10.1. The van der Waals surface area contributed by atoms with Crippen molar-refractivity contribution in [3.8, 4) is 11.3 Å². The lowest BCUT2D eigenvalue weighted by Gasteiger charge is -2.11. The molecule has 0 unspecified atom stereocenters. The van der Waals surface area contributed by atoms with Crippen molar-refractivity contribution in [2.75, 3.05) is 0 Å². The van der Waals surface area contributed by atoms with Crippen LogP contribution >= 0.6 is 0 Å². The maximum atomic E-state index is 11.0. The van der Waals surface area contributed by atoms with E-state index in [1.165, 1.54) is 0 Å². The monoisotopic (exact) mass is 291 g/mol. The quantitative estimate of drug-likeness (QED) is 0.721. The first-order valence-corrected chi connectivity index (χ1v) is 7.08. The highest BCUT2D eigenvalue weighted by atomic mass is 16.4. The summed E-state index contributed by atoms with van der Waals surface area (Å²) < 4.78 is 1.84. The lowest BCUT2D eigenvalue weighted by Crippen LogP contribution is -2.24. The Morgan fingerprint density at radius 2 is 1.64 bits per heavy atom. The van der Waals surface area contributed by atoms with Gasteiger partial charge in [0.2, 0.25) is 0 Å². The standard InChI is InChI=1S/C18H16N2O2/c21-17(22)11-16-12-19-20(13-14-7-3-1-4-8-14)18(16)15-9-5-2-6-10-15/h1-10,12H,11,13H2,(H,21,22)/p-1. The summed E-state index contributed by atoms with van der Waals surface area (Å²) in [7, 11) is 0. The fourth-order valence-corrected chi connectivity index (χ4v) is 2.52. The van der Waals surface area contributed by atoms with E-state index in [9.17, 15) is 9.90 Å². The van der Waals surface area contributed by atoms with Crippen LogP contribution in [0.25, 0.3) is 11.3 Å². The largest absolute Gasteiger partial charge is 0.550 e. The number of aromatic nitrogens is 2. The summed E-state index contributed by atoms with van der Waals surface area (Å²) in [6, 6.07) is 19.7. The Morgan fingerprint density at radius 3 is 2.27 bits per heavy atom.